The van der Waals surface area contributed by atoms with E-state index < -0.39 is 15.8 Å². The Bertz CT molecular complexity index is 1420. The van der Waals surface area contributed by atoms with Crippen LogP contribution in [-0.4, -0.2) is 23.9 Å². The van der Waals surface area contributed by atoms with Crippen molar-refractivity contribution in [3.05, 3.63) is 183 Å². The highest BCUT2D eigenvalue weighted by atomic mass is 31.1. The predicted molar refractivity (Wildman–Crippen MR) is 199 cm³/mol. The fourth-order valence-corrected chi connectivity index (χ4v) is 11.6. The Morgan fingerprint density at radius 1 is 0.458 bits per heavy atom. The van der Waals surface area contributed by atoms with Crippen molar-refractivity contribution >= 4 is 48.9 Å². The minimum Gasteiger partial charge on any atom is -0.351 e. The SMILES string of the molecule is O=C(N[C@@H]1CCCC[C@H]1NC(=O)[C]1[CH][CH][CH][C]1P(c1ccccc1)c1ccccc1)[C]1[CH][CH][CH][C]1P(c1ccccc1)c1ccccc1. The lowest BCUT2D eigenvalue weighted by molar-refractivity contribution is -0.122. The van der Waals surface area contributed by atoms with Crippen molar-refractivity contribution < 1.29 is 9.59 Å². The molecule has 48 heavy (non-hydrogen) atoms. The van der Waals surface area contributed by atoms with Gasteiger partial charge in [-0.2, -0.15) is 0 Å². The van der Waals surface area contributed by atoms with Crippen LogP contribution in [0.25, 0.3) is 0 Å². The fraction of sp³-hybridized carbons (Fsp3) is 0.143. The van der Waals surface area contributed by atoms with Crippen LogP contribution in [0.4, 0.5) is 0 Å². The van der Waals surface area contributed by atoms with Crippen molar-refractivity contribution in [2.75, 3.05) is 0 Å². The minimum absolute atomic E-state index is 0.0776. The monoisotopic (exact) mass is 664 g/mol. The molecule has 2 N–H and O–H groups in total. The van der Waals surface area contributed by atoms with E-state index in [1.165, 1.54) is 21.2 Å². The van der Waals surface area contributed by atoms with E-state index in [1.54, 1.807) is 0 Å². The first-order chi connectivity index (χ1) is 23.7. The summed E-state index contributed by atoms with van der Waals surface area (Å²) in [6, 6.07) is 41.5. The van der Waals surface area contributed by atoms with Gasteiger partial charge in [-0.3, -0.25) is 9.59 Å². The maximum Gasteiger partial charge on any atom is 0.228 e. The van der Waals surface area contributed by atoms with E-state index in [9.17, 15) is 9.59 Å². The zero-order valence-corrected chi connectivity index (χ0v) is 28.5. The van der Waals surface area contributed by atoms with Gasteiger partial charge in [-0.1, -0.05) is 134 Å². The molecule has 7 rings (SSSR count). The molecule has 3 aliphatic rings. The number of carbonyl (C=O) groups is 2. The van der Waals surface area contributed by atoms with E-state index in [1.807, 2.05) is 49.9 Å². The third kappa shape index (κ3) is 7.46. The summed E-state index contributed by atoms with van der Waals surface area (Å²) < 4.78 is 0. The molecule has 0 unspecified atom stereocenters. The Morgan fingerprint density at radius 3 is 1.08 bits per heavy atom. The number of carbonyl (C=O) groups excluding carboxylic acids is 2. The lowest BCUT2D eigenvalue weighted by Gasteiger charge is -2.36. The molecule has 2 atom stereocenters. The van der Waals surface area contributed by atoms with Gasteiger partial charge in [-0.25, -0.2) is 0 Å². The van der Waals surface area contributed by atoms with Crippen LogP contribution in [0.1, 0.15) is 25.7 Å². The largest absolute Gasteiger partial charge is 0.351 e. The third-order valence-electron chi connectivity index (χ3n) is 9.01. The fourth-order valence-electron chi connectivity index (χ4n) is 6.73. The highest BCUT2D eigenvalue weighted by Crippen LogP contribution is 2.57. The lowest BCUT2D eigenvalue weighted by Crippen LogP contribution is -2.55. The smallest absolute Gasteiger partial charge is 0.228 e. The molecule has 0 bridgehead atoms. The first-order valence-corrected chi connectivity index (χ1v) is 19.3. The van der Waals surface area contributed by atoms with Crippen LogP contribution in [0.5, 0.6) is 0 Å². The maximum atomic E-state index is 14.1. The van der Waals surface area contributed by atoms with E-state index in [2.05, 4.69) is 121 Å². The predicted octanol–water partition coefficient (Wildman–Crippen LogP) is 6.26. The van der Waals surface area contributed by atoms with Crippen molar-refractivity contribution in [1.29, 1.82) is 0 Å². The van der Waals surface area contributed by atoms with E-state index in [0.29, 0.717) is 11.8 Å². The summed E-state index contributed by atoms with van der Waals surface area (Å²) in [5.41, 5.74) is 2.10. The van der Waals surface area contributed by atoms with Crippen LogP contribution in [0, 0.1) is 61.7 Å². The van der Waals surface area contributed by atoms with Gasteiger partial charge in [0.1, 0.15) is 0 Å². The van der Waals surface area contributed by atoms with Gasteiger partial charge in [-0.05, 0) is 88.4 Å². The second kappa shape index (κ2) is 15.9. The topological polar surface area (TPSA) is 58.2 Å². The molecule has 0 saturated heterocycles. The van der Waals surface area contributed by atoms with E-state index in [4.69, 9.17) is 0 Å². The summed E-state index contributed by atoms with van der Waals surface area (Å²) in [6.45, 7) is 0. The highest BCUT2D eigenvalue weighted by molar-refractivity contribution is 7.76. The number of amides is 2. The van der Waals surface area contributed by atoms with Gasteiger partial charge in [-0.15, -0.1) is 0 Å². The molecule has 10 radical (unpaired) electrons. The first kappa shape index (κ1) is 33.2. The Kier molecular flexibility index (Phi) is 11.0. The summed E-state index contributed by atoms with van der Waals surface area (Å²) in [5, 5.41) is 11.6. The maximum absolute atomic E-state index is 14.1. The van der Waals surface area contributed by atoms with Crippen molar-refractivity contribution in [2.24, 2.45) is 0 Å². The summed E-state index contributed by atoms with van der Waals surface area (Å²) in [5.74, 6) is 1.26. The van der Waals surface area contributed by atoms with E-state index in [-0.39, 0.29) is 23.9 Å². The van der Waals surface area contributed by atoms with Crippen molar-refractivity contribution in [3.8, 4) is 0 Å². The van der Waals surface area contributed by atoms with Crippen LogP contribution in [0.2, 0.25) is 0 Å². The zero-order chi connectivity index (χ0) is 32.7. The Morgan fingerprint density at radius 2 is 0.771 bits per heavy atom. The van der Waals surface area contributed by atoms with E-state index >= 15 is 0 Å². The molecule has 0 aliphatic heterocycles. The van der Waals surface area contributed by atoms with Crippen molar-refractivity contribution in [1.82, 2.24) is 10.6 Å². The molecule has 6 heteroatoms. The number of rotatable bonds is 10. The Hall–Kier alpha value is -3.32. The summed E-state index contributed by atoms with van der Waals surface area (Å²) in [7, 11) is -1.83. The molecule has 3 aliphatic carbocycles. The van der Waals surface area contributed by atoms with Crippen molar-refractivity contribution in [3.63, 3.8) is 0 Å². The molecule has 0 aromatic heterocycles. The highest BCUT2D eigenvalue weighted by Gasteiger charge is 2.44. The second-order valence-corrected chi connectivity index (χ2v) is 16.5. The van der Waals surface area contributed by atoms with Gasteiger partial charge in [0.2, 0.25) is 11.8 Å². The Balaban J connectivity index is 1.06. The van der Waals surface area contributed by atoms with Gasteiger partial charge in [0.15, 0.2) is 0 Å². The lowest BCUT2D eigenvalue weighted by atomic mass is 9.89. The molecular weight excluding hydrogens is 626 g/mol. The van der Waals surface area contributed by atoms with Crippen LogP contribution < -0.4 is 31.9 Å². The molecular formula is C42H38N2O2P2. The standard InChI is InChI=1S/C42H38N2O2P2/c45-41(35-25-15-29-39(35)47(31-17-5-1-6-18-31)32-19-7-2-8-20-32)43-37-27-13-14-28-38(37)44-42(46)36-26-16-30-40(36)48(33-21-9-3-10-22-33)34-23-11-4-12-24-34/h1-12,15-26,29-30,37-38H,13-14,27-28H2,(H,43,45)(H,44,46)/t37-,38-/m1/s1. The first-order valence-electron chi connectivity index (χ1n) is 16.6. The molecule has 3 saturated carbocycles. The average molecular weight is 665 g/mol. The molecule has 4 aromatic carbocycles. The van der Waals surface area contributed by atoms with Crippen LogP contribution in [-0.2, 0) is 9.59 Å². The van der Waals surface area contributed by atoms with Crippen LogP contribution >= 0.6 is 15.8 Å². The molecule has 4 aromatic rings. The summed E-state index contributed by atoms with van der Waals surface area (Å²) in [6.07, 6.45) is 15.7. The normalized spacial score (nSPS) is 21.1. The van der Waals surface area contributed by atoms with E-state index in [0.717, 1.165) is 37.0 Å². The second-order valence-electron chi connectivity index (χ2n) is 12.1. The molecule has 0 heterocycles. The average Bonchev–Trinajstić information content (AvgIpc) is 3.82. The van der Waals surface area contributed by atoms with Crippen molar-refractivity contribution in [2.45, 2.75) is 37.8 Å². The quantitative estimate of drug-likeness (QED) is 0.197. The van der Waals surface area contributed by atoms with Gasteiger partial charge in [0.25, 0.3) is 0 Å². The number of hydrogen-bond donors (Lipinski definition) is 2. The van der Waals surface area contributed by atoms with Gasteiger partial charge in [0, 0.05) is 23.4 Å². The summed E-state index contributed by atoms with van der Waals surface area (Å²) >= 11 is 0. The third-order valence-corrected chi connectivity index (χ3v) is 14.0. The van der Waals surface area contributed by atoms with Crippen LogP contribution in [0.15, 0.2) is 121 Å². The number of nitrogens with one attached hydrogen (secondary N) is 2. The minimum atomic E-state index is -0.913. The van der Waals surface area contributed by atoms with Crippen LogP contribution in [0.3, 0.4) is 0 Å². The molecule has 238 valence electrons. The zero-order valence-electron chi connectivity index (χ0n) is 26.7. The molecule has 0 spiro atoms. The number of benzene rings is 4. The van der Waals surface area contributed by atoms with Gasteiger partial charge < -0.3 is 10.6 Å². The molecule has 2 amide bonds. The van der Waals surface area contributed by atoms with Gasteiger partial charge in [0.05, 0.1) is 11.8 Å². The summed E-state index contributed by atoms with van der Waals surface area (Å²) in [4.78, 5) is 28.1. The number of hydrogen-bond acceptors (Lipinski definition) is 2. The Labute approximate surface area is 289 Å². The molecule has 3 fully saturated rings. The van der Waals surface area contributed by atoms with Gasteiger partial charge >= 0.3 is 0 Å². The molecule has 4 nitrogen and oxygen atoms in total.